The summed E-state index contributed by atoms with van der Waals surface area (Å²) in [6.07, 6.45) is 4.24. The third-order valence-corrected chi connectivity index (χ3v) is 6.22. The fourth-order valence-electron chi connectivity index (χ4n) is 4.42. The van der Waals surface area contributed by atoms with Gasteiger partial charge in [-0.25, -0.2) is 4.39 Å². The van der Waals surface area contributed by atoms with Crippen LogP contribution < -0.4 is 0 Å². The van der Waals surface area contributed by atoms with Gasteiger partial charge in [-0.2, -0.15) is 10.2 Å². The molecule has 0 unspecified atom stereocenters. The molecule has 0 saturated carbocycles. The number of hydrogen-bond donors (Lipinski definition) is 0. The second-order valence-electron chi connectivity index (χ2n) is 8.31. The van der Waals surface area contributed by atoms with Gasteiger partial charge in [0.1, 0.15) is 5.82 Å². The van der Waals surface area contributed by atoms with Gasteiger partial charge in [-0.05, 0) is 30.5 Å². The van der Waals surface area contributed by atoms with Crippen molar-refractivity contribution in [3.05, 3.63) is 71.3 Å². The van der Waals surface area contributed by atoms with Crippen LogP contribution in [0.5, 0.6) is 0 Å². The van der Waals surface area contributed by atoms with E-state index in [-0.39, 0.29) is 23.3 Å². The van der Waals surface area contributed by atoms with E-state index < -0.39 is 5.82 Å². The van der Waals surface area contributed by atoms with Gasteiger partial charge in [0.05, 0.1) is 23.4 Å². The molecule has 2 aliphatic heterocycles. The lowest BCUT2D eigenvalue weighted by Crippen LogP contribution is -2.56. The topological polar surface area (TPSA) is 66.4 Å². The quantitative estimate of drug-likeness (QED) is 0.653. The molecule has 2 fully saturated rings. The van der Waals surface area contributed by atoms with Crippen LogP contribution in [0.25, 0.3) is 10.8 Å². The number of carbonyl (C=O) groups is 2. The Morgan fingerprint density at radius 1 is 1.03 bits per heavy atom. The van der Waals surface area contributed by atoms with Crippen LogP contribution in [0.2, 0.25) is 0 Å². The van der Waals surface area contributed by atoms with Crippen molar-refractivity contribution >= 4 is 22.6 Å². The smallest absolute Gasteiger partial charge is 0.256 e. The molecule has 5 rings (SSSR count). The van der Waals surface area contributed by atoms with Gasteiger partial charge in [-0.1, -0.05) is 30.3 Å². The highest BCUT2D eigenvalue weighted by Crippen LogP contribution is 2.25. The lowest BCUT2D eigenvalue weighted by molar-refractivity contribution is -0.138. The van der Waals surface area contributed by atoms with E-state index in [0.717, 1.165) is 48.0 Å². The number of likely N-dealkylation sites (tertiary alicyclic amines) is 2. The molecule has 0 atom stereocenters. The van der Waals surface area contributed by atoms with Gasteiger partial charge in [0.25, 0.3) is 5.91 Å². The Bertz CT molecular complexity index is 1150. The molecule has 0 radical (unpaired) electrons. The average Bonchev–Trinajstić information content (AvgIpc) is 3.29. The number of aromatic nitrogens is 2. The van der Waals surface area contributed by atoms with E-state index in [1.54, 1.807) is 23.2 Å². The van der Waals surface area contributed by atoms with E-state index >= 15 is 0 Å². The Hall–Kier alpha value is -3.35. The van der Waals surface area contributed by atoms with E-state index in [1.165, 1.54) is 6.07 Å². The van der Waals surface area contributed by atoms with E-state index in [0.29, 0.717) is 19.5 Å². The molecule has 6 nitrogen and oxygen atoms in total. The third kappa shape index (κ3) is 3.76. The van der Waals surface area contributed by atoms with Gasteiger partial charge in [-0.3, -0.25) is 9.59 Å². The van der Waals surface area contributed by atoms with E-state index in [2.05, 4.69) is 10.2 Å². The van der Waals surface area contributed by atoms with Gasteiger partial charge in [0.2, 0.25) is 5.91 Å². The lowest BCUT2D eigenvalue weighted by atomic mass is 9.96. The lowest BCUT2D eigenvalue weighted by Gasteiger charge is -2.40. The van der Waals surface area contributed by atoms with Crippen LogP contribution in [0.1, 0.15) is 34.5 Å². The molecule has 158 valence electrons. The minimum atomic E-state index is -0.549. The van der Waals surface area contributed by atoms with Crippen molar-refractivity contribution in [3.63, 3.8) is 0 Å². The molecule has 2 aliphatic rings. The van der Waals surface area contributed by atoms with Crippen LogP contribution in [-0.2, 0) is 11.2 Å². The molecule has 1 aromatic heterocycles. The molecule has 31 heavy (non-hydrogen) atoms. The molecule has 0 N–H and O–H groups in total. The second-order valence-corrected chi connectivity index (χ2v) is 8.31. The molecule has 2 amide bonds. The summed E-state index contributed by atoms with van der Waals surface area (Å²) in [7, 11) is 0. The van der Waals surface area contributed by atoms with Crippen molar-refractivity contribution in [3.8, 4) is 0 Å². The molecule has 0 spiro atoms. The van der Waals surface area contributed by atoms with Crippen LogP contribution in [-0.4, -0.2) is 58.0 Å². The van der Waals surface area contributed by atoms with Crippen molar-refractivity contribution in [2.75, 3.05) is 26.2 Å². The van der Waals surface area contributed by atoms with Crippen molar-refractivity contribution < 1.29 is 14.0 Å². The molecule has 2 aromatic carbocycles. The number of amides is 2. The van der Waals surface area contributed by atoms with Crippen LogP contribution in [0.15, 0.2) is 48.7 Å². The maximum absolute atomic E-state index is 14.5. The van der Waals surface area contributed by atoms with E-state index in [4.69, 9.17) is 0 Å². The van der Waals surface area contributed by atoms with Gasteiger partial charge in [0, 0.05) is 43.4 Å². The van der Waals surface area contributed by atoms with Crippen molar-refractivity contribution in [2.24, 2.45) is 5.92 Å². The first-order valence-corrected chi connectivity index (χ1v) is 10.7. The number of nitrogens with zero attached hydrogens (tertiary/aromatic N) is 4. The van der Waals surface area contributed by atoms with E-state index in [1.807, 2.05) is 29.2 Å². The fourth-order valence-corrected chi connectivity index (χ4v) is 4.42. The molecular weight excluding hydrogens is 395 g/mol. The standard InChI is InChI=1S/C24H23FN4O2/c25-21-8-7-16(12-22-19-6-2-1-5-17(19)13-26-27-22)11-20(21)24(31)29-14-18(15-29)23(30)28-9-3-4-10-28/h1-2,5-8,11,13,18H,3-4,9-10,12,14-15H2. The van der Waals surface area contributed by atoms with Gasteiger partial charge < -0.3 is 9.80 Å². The zero-order valence-electron chi connectivity index (χ0n) is 17.1. The Kier molecular flexibility index (Phi) is 5.10. The molecular formula is C24H23FN4O2. The number of carbonyl (C=O) groups excluding carboxylic acids is 2. The Balaban J connectivity index is 1.31. The van der Waals surface area contributed by atoms with Crippen LogP contribution >= 0.6 is 0 Å². The molecule has 3 aromatic rings. The number of benzene rings is 2. The zero-order chi connectivity index (χ0) is 21.4. The third-order valence-electron chi connectivity index (χ3n) is 6.22. The summed E-state index contributed by atoms with van der Waals surface area (Å²) in [5.74, 6) is -0.967. The number of hydrogen-bond acceptors (Lipinski definition) is 4. The summed E-state index contributed by atoms with van der Waals surface area (Å²) in [6, 6.07) is 12.4. The molecule has 2 saturated heterocycles. The molecule has 7 heteroatoms. The average molecular weight is 418 g/mol. The van der Waals surface area contributed by atoms with E-state index in [9.17, 15) is 14.0 Å². The SMILES string of the molecule is O=C(c1cc(Cc2nncc3ccccc23)ccc1F)N1CC(C(=O)N2CCCC2)C1. The summed E-state index contributed by atoms with van der Waals surface area (Å²) < 4.78 is 14.5. The summed E-state index contributed by atoms with van der Waals surface area (Å²) in [5.41, 5.74) is 1.61. The summed E-state index contributed by atoms with van der Waals surface area (Å²) in [6.45, 7) is 2.31. The number of rotatable bonds is 4. The molecule has 0 aliphatic carbocycles. The Morgan fingerprint density at radius 3 is 2.61 bits per heavy atom. The maximum Gasteiger partial charge on any atom is 0.256 e. The highest BCUT2D eigenvalue weighted by molar-refractivity contribution is 5.96. The van der Waals surface area contributed by atoms with Crippen LogP contribution in [0.3, 0.4) is 0 Å². The number of fused-ring (bicyclic) bond motifs is 1. The summed E-state index contributed by atoms with van der Waals surface area (Å²) in [4.78, 5) is 28.8. The largest absolute Gasteiger partial charge is 0.342 e. The normalized spacial score (nSPS) is 16.5. The van der Waals surface area contributed by atoms with Gasteiger partial charge >= 0.3 is 0 Å². The minimum Gasteiger partial charge on any atom is -0.342 e. The van der Waals surface area contributed by atoms with Crippen LogP contribution in [0, 0.1) is 11.7 Å². The minimum absolute atomic E-state index is 0.0396. The highest BCUT2D eigenvalue weighted by atomic mass is 19.1. The van der Waals surface area contributed by atoms with Crippen molar-refractivity contribution in [1.82, 2.24) is 20.0 Å². The first kappa shape index (κ1) is 19.6. The first-order chi connectivity index (χ1) is 15.1. The van der Waals surface area contributed by atoms with Crippen LogP contribution in [0.4, 0.5) is 4.39 Å². The summed E-state index contributed by atoms with van der Waals surface area (Å²) in [5, 5.41) is 10.3. The van der Waals surface area contributed by atoms with Gasteiger partial charge in [-0.15, -0.1) is 0 Å². The Morgan fingerprint density at radius 2 is 1.81 bits per heavy atom. The predicted octanol–water partition coefficient (Wildman–Crippen LogP) is 3.05. The second kappa shape index (κ2) is 8.06. The highest BCUT2D eigenvalue weighted by Gasteiger charge is 2.39. The predicted molar refractivity (Wildman–Crippen MR) is 114 cm³/mol. The molecule has 0 bridgehead atoms. The number of halogens is 1. The van der Waals surface area contributed by atoms with Gasteiger partial charge in [0.15, 0.2) is 0 Å². The summed E-state index contributed by atoms with van der Waals surface area (Å²) >= 11 is 0. The van der Waals surface area contributed by atoms with Crippen molar-refractivity contribution in [1.29, 1.82) is 0 Å². The monoisotopic (exact) mass is 418 g/mol. The molecule has 3 heterocycles. The maximum atomic E-state index is 14.5. The Labute approximate surface area is 179 Å². The first-order valence-electron chi connectivity index (χ1n) is 10.7. The van der Waals surface area contributed by atoms with Crippen molar-refractivity contribution in [2.45, 2.75) is 19.3 Å². The zero-order valence-corrected chi connectivity index (χ0v) is 17.1. The fraction of sp³-hybridized carbons (Fsp3) is 0.333.